The Morgan fingerprint density at radius 1 is 1.38 bits per heavy atom. The van der Waals surface area contributed by atoms with Crippen LogP contribution >= 0.6 is 0 Å². The zero-order valence-corrected chi connectivity index (χ0v) is 9.69. The molecule has 2 N–H and O–H groups in total. The second kappa shape index (κ2) is 4.35. The van der Waals surface area contributed by atoms with Gasteiger partial charge in [-0.2, -0.15) is 0 Å². The highest BCUT2D eigenvalue weighted by Crippen LogP contribution is 2.42. The summed E-state index contributed by atoms with van der Waals surface area (Å²) in [6.07, 6.45) is 3.06. The Morgan fingerprint density at radius 2 is 2.12 bits per heavy atom. The zero-order valence-electron chi connectivity index (χ0n) is 9.69. The normalized spacial score (nSPS) is 18.1. The second-order valence-electron chi connectivity index (χ2n) is 4.09. The fraction of sp³-hybridized carbons (Fsp3) is 0.636. The van der Waals surface area contributed by atoms with Crippen LogP contribution in [0.3, 0.4) is 0 Å². The minimum Gasteiger partial charge on any atom is -0.384 e. The van der Waals surface area contributed by atoms with Crippen molar-refractivity contribution in [1.29, 1.82) is 0 Å². The fourth-order valence-corrected chi connectivity index (χ4v) is 1.96. The molecule has 1 heterocycles. The van der Waals surface area contributed by atoms with E-state index >= 15 is 0 Å². The molecule has 88 valence electrons. The van der Waals surface area contributed by atoms with Crippen molar-refractivity contribution in [3.63, 3.8) is 0 Å². The summed E-state index contributed by atoms with van der Waals surface area (Å²) in [7, 11) is 3.33. The number of ether oxygens (including phenoxy) is 2. The van der Waals surface area contributed by atoms with Crippen LogP contribution in [0.4, 0.5) is 5.82 Å². The van der Waals surface area contributed by atoms with Gasteiger partial charge in [0.1, 0.15) is 11.4 Å². The SMILES string of the molecule is COCc1cc(N)nc(C2(OC)CCC2)n1. The smallest absolute Gasteiger partial charge is 0.162 e. The van der Waals surface area contributed by atoms with Crippen LogP contribution in [0.1, 0.15) is 30.8 Å². The summed E-state index contributed by atoms with van der Waals surface area (Å²) in [5.41, 5.74) is 6.24. The summed E-state index contributed by atoms with van der Waals surface area (Å²) in [5, 5.41) is 0. The lowest BCUT2D eigenvalue weighted by Crippen LogP contribution is -2.38. The Morgan fingerprint density at radius 3 is 2.62 bits per heavy atom. The molecule has 0 unspecified atom stereocenters. The number of aromatic nitrogens is 2. The standard InChI is InChI=1S/C11H17N3O2/c1-15-7-8-6-9(12)14-10(13-8)11(16-2)4-3-5-11/h6H,3-5,7H2,1-2H3,(H2,12,13,14). The molecular weight excluding hydrogens is 206 g/mol. The highest BCUT2D eigenvalue weighted by atomic mass is 16.5. The van der Waals surface area contributed by atoms with Crippen LogP contribution in [0.5, 0.6) is 0 Å². The number of hydrogen-bond acceptors (Lipinski definition) is 5. The molecule has 0 spiro atoms. The van der Waals surface area contributed by atoms with E-state index in [2.05, 4.69) is 9.97 Å². The van der Waals surface area contributed by atoms with E-state index in [-0.39, 0.29) is 5.60 Å². The molecule has 1 aliphatic carbocycles. The molecule has 16 heavy (non-hydrogen) atoms. The number of anilines is 1. The Kier molecular flexibility index (Phi) is 3.07. The van der Waals surface area contributed by atoms with Gasteiger partial charge in [0.25, 0.3) is 0 Å². The molecule has 0 aromatic carbocycles. The van der Waals surface area contributed by atoms with E-state index in [1.54, 1.807) is 20.3 Å². The molecular formula is C11H17N3O2. The summed E-state index contributed by atoms with van der Waals surface area (Å²) in [6.45, 7) is 0.444. The molecule has 1 saturated carbocycles. The molecule has 2 rings (SSSR count). The van der Waals surface area contributed by atoms with Crippen LogP contribution in [-0.2, 0) is 21.7 Å². The van der Waals surface area contributed by atoms with Gasteiger partial charge in [-0.05, 0) is 19.3 Å². The third-order valence-corrected chi connectivity index (χ3v) is 3.05. The molecule has 0 bridgehead atoms. The average Bonchev–Trinajstić information content (AvgIpc) is 2.16. The van der Waals surface area contributed by atoms with Crippen molar-refractivity contribution in [1.82, 2.24) is 9.97 Å². The van der Waals surface area contributed by atoms with Gasteiger partial charge in [-0.3, -0.25) is 0 Å². The number of hydrogen-bond donors (Lipinski definition) is 1. The van der Waals surface area contributed by atoms with Crippen molar-refractivity contribution < 1.29 is 9.47 Å². The first-order valence-corrected chi connectivity index (χ1v) is 5.38. The monoisotopic (exact) mass is 223 g/mol. The molecule has 1 aromatic rings. The molecule has 1 fully saturated rings. The van der Waals surface area contributed by atoms with Gasteiger partial charge < -0.3 is 15.2 Å². The van der Waals surface area contributed by atoms with Gasteiger partial charge >= 0.3 is 0 Å². The highest BCUT2D eigenvalue weighted by Gasteiger charge is 2.42. The van der Waals surface area contributed by atoms with Gasteiger partial charge in [-0.25, -0.2) is 9.97 Å². The Balaban J connectivity index is 2.32. The number of nitrogen functional groups attached to an aromatic ring is 1. The quantitative estimate of drug-likeness (QED) is 0.831. The summed E-state index contributed by atoms with van der Waals surface area (Å²) in [5.74, 6) is 1.16. The summed E-state index contributed by atoms with van der Waals surface area (Å²) < 4.78 is 10.6. The Bertz CT molecular complexity index is 372. The summed E-state index contributed by atoms with van der Waals surface area (Å²) in [4.78, 5) is 8.71. The number of nitrogens with zero attached hydrogens (tertiary/aromatic N) is 2. The van der Waals surface area contributed by atoms with Crippen LogP contribution in [0.15, 0.2) is 6.07 Å². The zero-order chi connectivity index (χ0) is 11.6. The van der Waals surface area contributed by atoms with Crippen molar-refractivity contribution >= 4 is 5.82 Å². The second-order valence-corrected chi connectivity index (χ2v) is 4.09. The highest BCUT2D eigenvalue weighted by molar-refractivity contribution is 5.31. The van der Waals surface area contributed by atoms with E-state index in [1.165, 1.54) is 0 Å². The molecule has 5 nitrogen and oxygen atoms in total. The van der Waals surface area contributed by atoms with Crippen LogP contribution in [0.25, 0.3) is 0 Å². The first-order valence-electron chi connectivity index (χ1n) is 5.38. The van der Waals surface area contributed by atoms with Crippen LogP contribution < -0.4 is 5.73 Å². The van der Waals surface area contributed by atoms with E-state index in [0.29, 0.717) is 18.2 Å². The Labute approximate surface area is 95.0 Å². The van der Waals surface area contributed by atoms with Gasteiger partial charge in [-0.1, -0.05) is 0 Å². The number of rotatable bonds is 4. The van der Waals surface area contributed by atoms with E-state index in [9.17, 15) is 0 Å². The van der Waals surface area contributed by atoms with Gasteiger partial charge in [0.05, 0.1) is 12.3 Å². The Hall–Kier alpha value is -1.20. The molecule has 0 atom stereocenters. The van der Waals surface area contributed by atoms with Crippen molar-refractivity contribution in [3.05, 3.63) is 17.6 Å². The van der Waals surface area contributed by atoms with E-state index < -0.39 is 0 Å². The predicted octanol–water partition coefficient (Wildman–Crippen LogP) is 1.23. The fourth-order valence-electron chi connectivity index (χ4n) is 1.96. The molecule has 0 aliphatic heterocycles. The summed E-state index contributed by atoms with van der Waals surface area (Å²) >= 11 is 0. The average molecular weight is 223 g/mol. The number of methoxy groups -OCH3 is 2. The van der Waals surface area contributed by atoms with Crippen LogP contribution in [0, 0.1) is 0 Å². The molecule has 5 heteroatoms. The van der Waals surface area contributed by atoms with Crippen molar-refractivity contribution in [2.75, 3.05) is 20.0 Å². The van der Waals surface area contributed by atoms with Gasteiger partial charge in [0.15, 0.2) is 5.82 Å². The van der Waals surface area contributed by atoms with Crippen LogP contribution in [0.2, 0.25) is 0 Å². The van der Waals surface area contributed by atoms with Crippen molar-refractivity contribution in [3.8, 4) is 0 Å². The lowest BCUT2D eigenvalue weighted by atomic mass is 9.79. The molecule has 1 aromatic heterocycles. The maximum atomic E-state index is 5.76. The van der Waals surface area contributed by atoms with Crippen molar-refractivity contribution in [2.24, 2.45) is 0 Å². The maximum absolute atomic E-state index is 5.76. The molecule has 0 saturated heterocycles. The lowest BCUT2D eigenvalue weighted by Gasteiger charge is -2.38. The minimum atomic E-state index is -0.322. The van der Waals surface area contributed by atoms with Crippen molar-refractivity contribution in [2.45, 2.75) is 31.5 Å². The largest absolute Gasteiger partial charge is 0.384 e. The molecule has 0 radical (unpaired) electrons. The first kappa shape index (κ1) is 11.3. The van der Waals surface area contributed by atoms with E-state index in [1.807, 2.05) is 0 Å². The minimum absolute atomic E-state index is 0.322. The van der Waals surface area contributed by atoms with Gasteiger partial charge in [0.2, 0.25) is 0 Å². The topological polar surface area (TPSA) is 70.3 Å². The molecule has 0 amide bonds. The van der Waals surface area contributed by atoms with Gasteiger partial charge in [-0.15, -0.1) is 0 Å². The molecule has 1 aliphatic rings. The third kappa shape index (κ3) is 1.88. The summed E-state index contributed by atoms with van der Waals surface area (Å²) in [6, 6.07) is 1.73. The lowest BCUT2D eigenvalue weighted by molar-refractivity contribution is -0.0848. The third-order valence-electron chi connectivity index (χ3n) is 3.05. The van der Waals surface area contributed by atoms with Gasteiger partial charge in [0, 0.05) is 20.3 Å². The maximum Gasteiger partial charge on any atom is 0.162 e. The van der Waals surface area contributed by atoms with E-state index in [0.717, 1.165) is 25.0 Å². The van der Waals surface area contributed by atoms with E-state index in [4.69, 9.17) is 15.2 Å². The number of nitrogens with two attached hydrogens (primary N) is 1. The van der Waals surface area contributed by atoms with Crippen LogP contribution in [-0.4, -0.2) is 24.2 Å². The first-order chi connectivity index (χ1) is 7.70. The predicted molar refractivity (Wildman–Crippen MR) is 59.7 cm³/mol.